The number of para-hydroxylation sites is 1. The maximum Gasteiger partial charge on any atom is 0.339 e. The predicted octanol–water partition coefficient (Wildman–Crippen LogP) is 2.57. The van der Waals surface area contributed by atoms with E-state index < -0.39 is 11.9 Å². The third-order valence-corrected chi connectivity index (χ3v) is 3.39. The standard InChI is InChI=1S/C16H14N2O4/c1-9(19)22-8-14-12(16(20)21-2)7-11-10-5-3-4-6-13(10)17-15(11)18-14/h3-7H,8H2,1-2H3,(H,17,18). The van der Waals surface area contributed by atoms with Gasteiger partial charge in [-0.25, -0.2) is 9.78 Å². The molecule has 0 aliphatic heterocycles. The van der Waals surface area contributed by atoms with Gasteiger partial charge in [-0.2, -0.15) is 0 Å². The highest BCUT2D eigenvalue weighted by Gasteiger charge is 2.18. The lowest BCUT2D eigenvalue weighted by molar-refractivity contribution is -0.142. The minimum absolute atomic E-state index is 0.0783. The summed E-state index contributed by atoms with van der Waals surface area (Å²) in [5.74, 6) is -0.948. The monoisotopic (exact) mass is 298 g/mol. The van der Waals surface area contributed by atoms with Gasteiger partial charge in [-0.3, -0.25) is 4.79 Å². The molecule has 22 heavy (non-hydrogen) atoms. The molecule has 0 fully saturated rings. The van der Waals surface area contributed by atoms with Gasteiger partial charge in [-0.15, -0.1) is 0 Å². The van der Waals surface area contributed by atoms with Crippen LogP contribution in [0.15, 0.2) is 30.3 Å². The summed E-state index contributed by atoms with van der Waals surface area (Å²) >= 11 is 0. The van der Waals surface area contributed by atoms with Crippen LogP contribution in [0.3, 0.4) is 0 Å². The molecule has 1 aromatic carbocycles. The summed E-state index contributed by atoms with van der Waals surface area (Å²) in [6.45, 7) is 1.23. The first-order valence-corrected chi connectivity index (χ1v) is 6.72. The average Bonchev–Trinajstić information content (AvgIpc) is 2.88. The normalized spacial score (nSPS) is 10.8. The molecule has 0 bridgehead atoms. The number of rotatable bonds is 3. The zero-order valence-corrected chi connectivity index (χ0v) is 12.2. The maximum absolute atomic E-state index is 12.0. The molecule has 0 saturated carbocycles. The Bertz CT molecular complexity index is 882. The molecular weight excluding hydrogens is 284 g/mol. The average molecular weight is 298 g/mol. The minimum Gasteiger partial charge on any atom is -0.465 e. The van der Waals surface area contributed by atoms with Crippen molar-refractivity contribution in [3.05, 3.63) is 41.6 Å². The number of carbonyl (C=O) groups is 2. The van der Waals surface area contributed by atoms with Crippen LogP contribution in [0.1, 0.15) is 23.0 Å². The van der Waals surface area contributed by atoms with Crippen molar-refractivity contribution in [3.8, 4) is 0 Å². The Morgan fingerprint density at radius 2 is 2.00 bits per heavy atom. The second kappa shape index (κ2) is 5.48. The summed E-state index contributed by atoms with van der Waals surface area (Å²) in [7, 11) is 1.30. The number of aromatic amines is 1. The van der Waals surface area contributed by atoms with E-state index in [0.29, 0.717) is 16.9 Å². The molecule has 6 heteroatoms. The van der Waals surface area contributed by atoms with E-state index in [4.69, 9.17) is 9.47 Å². The molecule has 0 aliphatic rings. The van der Waals surface area contributed by atoms with Crippen molar-refractivity contribution >= 4 is 33.9 Å². The first-order valence-electron chi connectivity index (χ1n) is 6.72. The molecule has 2 aromatic heterocycles. The van der Waals surface area contributed by atoms with Crippen molar-refractivity contribution in [2.24, 2.45) is 0 Å². The zero-order chi connectivity index (χ0) is 15.7. The van der Waals surface area contributed by atoms with E-state index in [1.165, 1.54) is 14.0 Å². The molecule has 0 radical (unpaired) electrons. The SMILES string of the molecule is COC(=O)c1cc2c(nc1COC(C)=O)[nH]c1ccccc12. The Morgan fingerprint density at radius 3 is 2.73 bits per heavy atom. The van der Waals surface area contributed by atoms with Gasteiger partial charge in [0.25, 0.3) is 0 Å². The number of ether oxygens (including phenoxy) is 2. The number of nitrogens with one attached hydrogen (secondary N) is 1. The summed E-state index contributed by atoms with van der Waals surface area (Å²) in [5, 5.41) is 1.79. The van der Waals surface area contributed by atoms with Gasteiger partial charge in [0, 0.05) is 23.2 Å². The summed E-state index contributed by atoms with van der Waals surface area (Å²) in [6, 6.07) is 9.42. The fourth-order valence-corrected chi connectivity index (χ4v) is 2.37. The molecule has 0 atom stereocenters. The van der Waals surface area contributed by atoms with E-state index in [9.17, 15) is 9.59 Å². The Morgan fingerprint density at radius 1 is 1.23 bits per heavy atom. The quantitative estimate of drug-likeness (QED) is 0.752. The van der Waals surface area contributed by atoms with Gasteiger partial charge in [0.1, 0.15) is 12.3 Å². The molecule has 112 valence electrons. The van der Waals surface area contributed by atoms with E-state index in [1.54, 1.807) is 6.07 Å². The Labute approximate surface area is 126 Å². The van der Waals surface area contributed by atoms with Crippen molar-refractivity contribution in [2.75, 3.05) is 7.11 Å². The number of benzene rings is 1. The molecule has 3 aromatic rings. The fourth-order valence-electron chi connectivity index (χ4n) is 2.37. The maximum atomic E-state index is 12.0. The van der Waals surface area contributed by atoms with Crippen LogP contribution in [0.25, 0.3) is 21.9 Å². The smallest absolute Gasteiger partial charge is 0.339 e. The third-order valence-electron chi connectivity index (χ3n) is 3.39. The fraction of sp³-hybridized carbons (Fsp3) is 0.188. The number of H-pyrrole nitrogens is 1. The van der Waals surface area contributed by atoms with Crippen LogP contribution >= 0.6 is 0 Å². The molecule has 6 nitrogen and oxygen atoms in total. The number of aromatic nitrogens is 2. The molecule has 1 N–H and O–H groups in total. The first kappa shape index (κ1) is 14.1. The molecule has 3 rings (SSSR count). The van der Waals surface area contributed by atoms with Crippen LogP contribution in [0.2, 0.25) is 0 Å². The molecule has 0 saturated heterocycles. The predicted molar refractivity (Wildman–Crippen MR) is 80.4 cm³/mol. The number of methoxy groups -OCH3 is 1. The summed E-state index contributed by atoms with van der Waals surface area (Å²) in [4.78, 5) is 30.6. The summed E-state index contributed by atoms with van der Waals surface area (Å²) < 4.78 is 9.75. The van der Waals surface area contributed by atoms with Gasteiger partial charge >= 0.3 is 11.9 Å². The molecule has 0 amide bonds. The largest absolute Gasteiger partial charge is 0.465 e. The van der Waals surface area contributed by atoms with Crippen LogP contribution in [0.4, 0.5) is 0 Å². The highest BCUT2D eigenvalue weighted by atomic mass is 16.5. The van der Waals surface area contributed by atoms with Crippen molar-refractivity contribution < 1.29 is 19.1 Å². The molecule has 0 aliphatic carbocycles. The van der Waals surface area contributed by atoms with Gasteiger partial charge in [-0.1, -0.05) is 18.2 Å². The number of esters is 2. The minimum atomic E-state index is -0.512. The van der Waals surface area contributed by atoms with Gasteiger partial charge < -0.3 is 14.5 Å². The Kier molecular flexibility index (Phi) is 3.50. The topological polar surface area (TPSA) is 81.3 Å². The highest BCUT2D eigenvalue weighted by Crippen LogP contribution is 2.26. The van der Waals surface area contributed by atoms with E-state index in [-0.39, 0.29) is 6.61 Å². The summed E-state index contributed by atoms with van der Waals surface area (Å²) in [5.41, 5.74) is 2.21. The number of nitrogens with zero attached hydrogens (tertiary/aromatic N) is 1. The number of carbonyl (C=O) groups excluding carboxylic acids is 2. The van der Waals surface area contributed by atoms with Crippen LogP contribution in [0, 0.1) is 0 Å². The third kappa shape index (κ3) is 2.39. The van der Waals surface area contributed by atoms with E-state index >= 15 is 0 Å². The van der Waals surface area contributed by atoms with Crippen LogP contribution in [-0.4, -0.2) is 29.0 Å². The van der Waals surface area contributed by atoms with Crippen molar-refractivity contribution in [1.82, 2.24) is 9.97 Å². The number of pyridine rings is 1. The first-order chi connectivity index (χ1) is 10.6. The zero-order valence-electron chi connectivity index (χ0n) is 12.2. The number of hydrogen-bond acceptors (Lipinski definition) is 5. The number of fused-ring (bicyclic) bond motifs is 3. The molecule has 0 spiro atoms. The molecular formula is C16H14N2O4. The lowest BCUT2D eigenvalue weighted by Crippen LogP contribution is -2.10. The van der Waals surface area contributed by atoms with Crippen molar-refractivity contribution in [2.45, 2.75) is 13.5 Å². The van der Waals surface area contributed by atoms with Gasteiger partial charge in [0.15, 0.2) is 0 Å². The van der Waals surface area contributed by atoms with Crippen LogP contribution in [-0.2, 0) is 20.9 Å². The van der Waals surface area contributed by atoms with E-state index in [0.717, 1.165) is 16.3 Å². The van der Waals surface area contributed by atoms with Crippen molar-refractivity contribution in [3.63, 3.8) is 0 Å². The van der Waals surface area contributed by atoms with Crippen molar-refractivity contribution in [1.29, 1.82) is 0 Å². The van der Waals surface area contributed by atoms with E-state index in [2.05, 4.69) is 9.97 Å². The Hall–Kier alpha value is -2.89. The lowest BCUT2D eigenvalue weighted by atomic mass is 10.1. The number of hydrogen-bond donors (Lipinski definition) is 1. The van der Waals surface area contributed by atoms with Gasteiger partial charge in [-0.05, 0) is 12.1 Å². The molecule has 0 unspecified atom stereocenters. The molecule has 2 heterocycles. The van der Waals surface area contributed by atoms with E-state index in [1.807, 2.05) is 24.3 Å². The Balaban J connectivity index is 2.21. The van der Waals surface area contributed by atoms with Crippen LogP contribution < -0.4 is 0 Å². The highest BCUT2D eigenvalue weighted by molar-refractivity contribution is 6.08. The summed E-state index contributed by atoms with van der Waals surface area (Å²) in [6.07, 6.45) is 0. The van der Waals surface area contributed by atoms with Crippen LogP contribution in [0.5, 0.6) is 0 Å². The second-order valence-corrected chi connectivity index (χ2v) is 4.82. The second-order valence-electron chi connectivity index (χ2n) is 4.82. The lowest BCUT2D eigenvalue weighted by Gasteiger charge is -2.07. The van der Waals surface area contributed by atoms with Gasteiger partial charge in [0.05, 0.1) is 18.4 Å². The van der Waals surface area contributed by atoms with Gasteiger partial charge in [0.2, 0.25) is 0 Å².